The van der Waals surface area contributed by atoms with E-state index in [0.29, 0.717) is 21.2 Å². The third kappa shape index (κ3) is 3.99. The zero-order valence-electron chi connectivity index (χ0n) is 15.0. The SMILES string of the molecule is O=C1CSC(c2c(Cl)cccc2Cl)N1c1nc(-c2ccccc2)cc(C(F)(F)F)n1. The Balaban J connectivity index is 1.88. The first-order valence-electron chi connectivity index (χ1n) is 8.65. The van der Waals surface area contributed by atoms with E-state index in [2.05, 4.69) is 9.97 Å². The first-order chi connectivity index (χ1) is 14.3. The van der Waals surface area contributed by atoms with Gasteiger partial charge < -0.3 is 0 Å². The topological polar surface area (TPSA) is 46.1 Å². The summed E-state index contributed by atoms with van der Waals surface area (Å²) >= 11 is 13.8. The third-order valence-electron chi connectivity index (χ3n) is 4.40. The first-order valence-corrected chi connectivity index (χ1v) is 10.5. The fourth-order valence-electron chi connectivity index (χ4n) is 3.04. The molecule has 0 bridgehead atoms. The van der Waals surface area contributed by atoms with Gasteiger partial charge in [0, 0.05) is 21.2 Å². The van der Waals surface area contributed by atoms with Crippen molar-refractivity contribution in [2.45, 2.75) is 11.6 Å². The van der Waals surface area contributed by atoms with Gasteiger partial charge in [0.15, 0.2) is 5.69 Å². The minimum atomic E-state index is -4.71. The summed E-state index contributed by atoms with van der Waals surface area (Å²) in [7, 11) is 0. The van der Waals surface area contributed by atoms with Crippen LogP contribution in [0.4, 0.5) is 19.1 Å². The van der Waals surface area contributed by atoms with Crippen LogP contribution >= 0.6 is 35.0 Å². The van der Waals surface area contributed by atoms with Gasteiger partial charge >= 0.3 is 6.18 Å². The fourth-order valence-corrected chi connectivity index (χ4v) is 5.00. The number of benzene rings is 2. The Bertz CT molecular complexity index is 1090. The molecular formula is C20H12Cl2F3N3OS. The number of thioether (sulfide) groups is 1. The van der Waals surface area contributed by atoms with E-state index in [0.717, 1.165) is 11.0 Å². The minimum Gasteiger partial charge on any atom is -0.273 e. The zero-order valence-corrected chi connectivity index (χ0v) is 17.4. The number of hydrogen-bond acceptors (Lipinski definition) is 4. The van der Waals surface area contributed by atoms with Crippen LogP contribution < -0.4 is 4.90 Å². The maximum Gasteiger partial charge on any atom is 0.433 e. The Morgan fingerprint density at radius 1 is 1.00 bits per heavy atom. The molecule has 4 nitrogen and oxygen atoms in total. The summed E-state index contributed by atoms with van der Waals surface area (Å²) in [6.45, 7) is 0. The molecular weight excluding hydrogens is 458 g/mol. The molecule has 154 valence electrons. The summed E-state index contributed by atoms with van der Waals surface area (Å²) in [6.07, 6.45) is -4.71. The summed E-state index contributed by atoms with van der Waals surface area (Å²) in [4.78, 5) is 21.7. The predicted octanol–water partition coefficient (Wildman–Crippen LogP) is 6.25. The molecule has 2 heterocycles. The predicted molar refractivity (Wildman–Crippen MR) is 112 cm³/mol. The largest absolute Gasteiger partial charge is 0.433 e. The van der Waals surface area contributed by atoms with Gasteiger partial charge in [-0.1, -0.05) is 59.6 Å². The molecule has 0 saturated carbocycles. The summed E-state index contributed by atoms with van der Waals surface area (Å²) in [6, 6.07) is 14.1. The van der Waals surface area contributed by atoms with Crippen LogP contribution in [0, 0.1) is 0 Å². The van der Waals surface area contributed by atoms with E-state index in [9.17, 15) is 18.0 Å². The van der Waals surface area contributed by atoms with E-state index in [4.69, 9.17) is 23.2 Å². The van der Waals surface area contributed by atoms with Crippen molar-refractivity contribution in [1.82, 2.24) is 9.97 Å². The molecule has 1 fully saturated rings. The summed E-state index contributed by atoms with van der Waals surface area (Å²) in [5.41, 5.74) is -0.182. The molecule has 4 rings (SSSR count). The molecule has 30 heavy (non-hydrogen) atoms. The lowest BCUT2D eigenvalue weighted by atomic mass is 10.1. The fraction of sp³-hybridized carbons (Fsp3) is 0.150. The smallest absolute Gasteiger partial charge is 0.273 e. The highest BCUT2D eigenvalue weighted by Crippen LogP contribution is 2.46. The molecule has 0 aliphatic carbocycles. The lowest BCUT2D eigenvalue weighted by Crippen LogP contribution is -2.31. The van der Waals surface area contributed by atoms with Gasteiger partial charge in [-0.2, -0.15) is 13.2 Å². The average Bonchev–Trinajstić information content (AvgIpc) is 3.08. The Labute approximate surface area is 184 Å². The van der Waals surface area contributed by atoms with E-state index >= 15 is 0 Å². The number of hydrogen-bond donors (Lipinski definition) is 0. The van der Waals surface area contributed by atoms with Crippen LogP contribution in [0.2, 0.25) is 10.0 Å². The van der Waals surface area contributed by atoms with Gasteiger partial charge in [0.1, 0.15) is 5.37 Å². The molecule has 0 N–H and O–H groups in total. The van der Waals surface area contributed by atoms with Crippen LogP contribution in [0.1, 0.15) is 16.6 Å². The van der Waals surface area contributed by atoms with Crippen molar-refractivity contribution in [3.63, 3.8) is 0 Å². The zero-order chi connectivity index (χ0) is 21.5. The average molecular weight is 470 g/mol. The number of rotatable bonds is 3. The minimum absolute atomic E-state index is 0.0342. The van der Waals surface area contributed by atoms with Crippen LogP contribution in [0.5, 0.6) is 0 Å². The second-order valence-electron chi connectivity index (χ2n) is 6.36. The second kappa shape index (κ2) is 8.09. The van der Waals surface area contributed by atoms with Gasteiger partial charge in [-0.3, -0.25) is 9.69 Å². The number of amides is 1. The molecule has 1 saturated heterocycles. The van der Waals surface area contributed by atoms with Gasteiger partial charge in [0.2, 0.25) is 11.9 Å². The lowest BCUT2D eigenvalue weighted by Gasteiger charge is -2.25. The van der Waals surface area contributed by atoms with Crippen molar-refractivity contribution in [2.75, 3.05) is 10.7 Å². The number of nitrogens with zero attached hydrogens (tertiary/aromatic N) is 3. The van der Waals surface area contributed by atoms with E-state index < -0.39 is 23.2 Å². The highest BCUT2D eigenvalue weighted by Gasteiger charge is 2.40. The van der Waals surface area contributed by atoms with Crippen LogP contribution in [0.15, 0.2) is 54.6 Å². The lowest BCUT2D eigenvalue weighted by molar-refractivity contribution is -0.141. The number of anilines is 1. The van der Waals surface area contributed by atoms with E-state index in [-0.39, 0.29) is 17.4 Å². The molecule has 3 aromatic rings. The van der Waals surface area contributed by atoms with Gasteiger partial charge in [-0.25, -0.2) is 9.97 Å². The Hall–Kier alpha value is -2.29. The summed E-state index contributed by atoms with van der Waals surface area (Å²) < 4.78 is 40.7. The third-order valence-corrected chi connectivity index (χ3v) is 6.24. The molecule has 10 heteroatoms. The van der Waals surface area contributed by atoms with Crippen LogP contribution in [0.25, 0.3) is 11.3 Å². The van der Waals surface area contributed by atoms with Gasteiger partial charge in [0.25, 0.3) is 0 Å². The second-order valence-corrected chi connectivity index (χ2v) is 8.25. The Kier molecular flexibility index (Phi) is 5.65. The van der Waals surface area contributed by atoms with Crippen molar-refractivity contribution < 1.29 is 18.0 Å². The van der Waals surface area contributed by atoms with E-state index in [1.54, 1.807) is 48.5 Å². The van der Waals surface area contributed by atoms with Crippen molar-refractivity contribution >= 4 is 46.8 Å². The highest BCUT2D eigenvalue weighted by atomic mass is 35.5. The quantitative estimate of drug-likeness (QED) is 0.454. The Morgan fingerprint density at radius 3 is 2.30 bits per heavy atom. The molecule has 0 radical (unpaired) electrons. The molecule has 1 aliphatic heterocycles. The summed E-state index contributed by atoms with van der Waals surface area (Å²) in [5, 5.41) is -0.143. The number of carbonyl (C=O) groups is 1. The van der Waals surface area contributed by atoms with E-state index in [1.807, 2.05) is 0 Å². The van der Waals surface area contributed by atoms with Crippen LogP contribution in [-0.4, -0.2) is 21.6 Å². The molecule has 1 aliphatic rings. The maximum absolute atomic E-state index is 13.6. The number of aromatic nitrogens is 2. The van der Waals surface area contributed by atoms with Crippen LogP contribution in [-0.2, 0) is 11.0 Å². The first kappa shape index (κ1) is 21.0. The molecule has 1 amide bonds. The normalized spacial score (nSPS) is 16.9. The van der Waals surface area contributed by atoms with Crippen molar-refractivity contribution in [1.29, 1.82) is 0 Å². The standard InChI is InChI=1S/C20H12Cl2F3N3OS/c21-12-7-4-8-13(22)17(12)18-28(16(29)10-30-18)19-26-14(11-5-2-1-3-6-11)9-15(27-19)20(23,24)25/h1-9,18H,10H2. The van der Waals surface area contributed by atoms with Gasteiger partial charge in [-0.05, 0) is 18.2 Å². The van der Waals surface area contributed by atoms with Gasteiger partial charge in [-0.15, -0.1) is 11.8 Å². The van der Waals surface area contributed by atoms with Crippen molar-refractivity contribution in [3.05, 3.63) is 75.9 Å². The highest BCUT2D eigenvalue weighted by molar-refractivity contribution is 8.00. The van der Waals surface area contributed by atoms with Gasteiger partial charge in [0.05, 0.1) is 11.4 Å². The van der Waals surface area contributed by atoms with E-state index in [1.165, 1.54) is 11.8 Å². The Morgan fingerprint density at radius 2 is 1.67 bits per heavy atom. The van der Waals surface area contributed by atoms with Crippen molar-refractivity contribution in [3.8, 4) is 11.3 Å². The molecule has 0 spiro atoms. The summed E-state index contributed by atoms with van der Waals surface area (Å²) in [5.74, 6) is -0.744. The molecule has 1 aromatic heterocycles. The number of halogens is 5. The number of alkyl halides is 3. The molecule has 2 aromatic carbocycles. The molecule has 1 atom stereocenters. The monoisotopic (exact) mass is 469 g/mol. The maximum atomic E-state index is 13.6. The van der Waals surface area contributed by atoms with Crippen molar-refractivity contribution in [2.24, 2.45) is 0 Å². The molecule has 1 unspecified atom stereocenters. The van der Waals surface area contributed by atoms with Crippen LogP contribution in [0.3, 0.4) is 0 Å². The number of carbonyl (C=O) groups excluding carboxylic acids is 1.